The molecule has 0 amide bonds. The smallest absolute Gasteiger partial charge is 0.240 e. The van der Waals surface area contributed by atoms with Crippen molar-refractivity contribution in [3.63, 3.8) is 0 Å². The maximum Gasteiger partial charge on any atom is 0.240 e. The third kappa shape index (κ3) is 5.58. The standard InChI is InChI=1S/C25H29N3O2S/c1-20-3-2-17-28(20)18-14-21-4-6-23(7-5-21)24-8-10-25(11-9-24)31(29,30)27-19-22-12-15-26-16-13-22/h4-13,15-16,20,27H,2-3,14,17-19H2,1H3. The Kier molecular flexibility index (Phi) is 6.80. The van der Waals surface area contributed by atoms with E-state index in [0.29, 0.717) is 6.04 Å². The van der Waals surface area contributed by atoms with Crippen LogP contribution in [0.1, 0.15) is 30.9 Å². The zero-order chi connectivity index (χ0) is 21.7. The summed E-state index contributed by atoms with van der Waals surface area (Å²) in [7, 11) is -3.56. The first-order valence-corrected chi connectivity index (χ1v) is 12.3. The van der Waals surface area contributed by atoms with E-state index in [1.165, 1.54) is 24.9 Å². The predicted octanol–water partition coefficient (Wildman–Crippen LogP) is 4.25. The minimum atomic E-state index is -3.56. The summed E-state index contributed by atoms with van der Waals surface area (Å²) in [5.41, 5.74) is 4.30. The van der Waals surface area contributed by atoms with Crippen molar-refractivity contribution in [2.75, 3.05) is 13.1 Å². The number of benzene rings is 2. The zero-order valence-electron chi connectivity index (χ0n) is 17.9. The molecule has 1 atom stereocenters. The van der Waals surface area contributed by atoms with Gasteiger partial charge in [-0.25, -0.2) is 13.1 Å². The minimum absolute atomic E-state index is 0.240. The summed E-state index contributed by atoms with van der Waals surface area (Å²) in [4.78, 5) is 6.77. The highest BCUT2D eigenvalue weighted by Crippen LogP contribution is 2.23. The maximum absolute atomic E-state index is 12.6. The molecule has 1 unspecified atom stereocenters. The number of likely N-dealkylation sites (tertiary alicyclic amines) is 1. The van der Waals surface area contributed by atoms with Gasteiger partial charge in [-0.15, -0.1) is 0 Å². The molecule has 0 bridgehead atoms. The Balaban J connectivity index is 1.37. The van der Waals surface area contributed by atoms with E-state index < -0.39 is 10.0 Å². The van der Waals surface area contributed by atoms with Crippen LogP contribution < -0.4 is 4.72 Å². The lowest BCUT2D eigenvalue weighted by molar-refractivity contribution is 0.272. The van der Waals surface area contributed by atoms with Crippen LogP contribution in [0.2, 0.25) is 0 Å². The van der Waals surface area contributed by atoms with Crippen molar-refractivity contribution in [3.8, 4) is 11.1 Å². The molecule has 3 aromatic rings. The number of aromatic nitrogens is 1. The normalized spacial score (nSPS) is 17.1. The molecule has 1 saturated heterocycles. The van der Waals surface area contributed by atoms with Gasteiger partial charge >= 0.3 is 0 Å². The lowest BCUT2D eigenvalue weighted by Crippen LogP contribution is -2.28. The van der Waals surface area contributed by atoms with Crippen molar-refractivity contribution in [3.05, 3.63) is 84.2 Å². The molecule has 2 heterocycles. The van der Waals surface area contributed by atoms with Crippen molar-refractivity contribution in [2.45, 2.75) is 43.7 Å². The number of nitrogens with one attached hydrogen (secondary N) is 1. The van der Waals surface area contributed by atoms with Gasteiger partial charge in [-0.3, -0.25) is 4.98 Å². The Hall–Kier alpha value is -2.54. The molecule has 6 heteroatoms. The van der Waals surface area contributed by atoms with Crippen LogP contribution in [0, 0.1) is 0 Å². The molecule has 1 aliphatic rings. The minimum Gasteiger partial charge on any atom is -0.300 e. The van der Waals surface area contributed by atoms with Gasteiger partial charge < -0.3 is 4.90 Å². The molecule has 5 nitrogen and oxygen atoms in total. The van der Waals surface area contributed by atoms with Gasteiger partial charge in [-0.1, -0.05) is 36.4 Å². The van der Waals surface area contributed by atoms with Crippen LogP contribution in [-0.4, -0.2) is 37.4 Å². The number of hydrogen-bond acceptors (Lipinski definition) is 4. The molecular formula is C25H29N3O2S. The number of nitrogens with zero attached hydrogens (tertiary/aromatic N) is 2. The molecule has 162 valence electrons. The molecule has 0 radical (unpaired) electrons. The highest BCUT2D eigenvalue weighted by atomic mass is 32.2. The number of rotatable bonds is 8. The second-order valence-corrected chi connectivity index (χ2v) is 9.95. The molecule has 2 aromatic carbocycles. The van der Waals surface area contributed by atoms with Crippen molar-refractivity contribution in [1.82, 2.24) is 14.6 Å². The number of sulfonamides is 1. The first-order valence-electron chi connectivity index (χ1n) is 10.8. The quantitative estimate of drug-likeness (QED) is 0.574. The average molecular weight is 436 g/mol. The van der Waals surface area contributed by atoms with Crippen molar-refractivity contribution >= 4 is 10.0 Å². The Labute approximate surface area is 185 Å². The van der Waals surface area contributed by atoms with Crippen molar-refractivity contribution in [2.24, 2.45) is 0 Å². The molecule has 1 aromatic heterocycles. The third-order valence-corrected chi connectivity index (χ3v) is 7.46. The Bertz CT molecular complexity index is 1080. The molecule has 31 heavy (non-hydrogen) atoms. The van der Waals surface area contributed by atoms with Crippen LogP contribution in [0.3, 0.4) is 0 Å². The van der Waals surface area contributed by atoms with Crippen LogP contribution in [-0.2, 0) is 23.0 Å². The van der Waals surface area contributed by atoms with Gasteiger partial charge in [-0.05, 0) is 79.3 Å². The summed E-state index contributed by atoms with van der Waals surface area (Å²) in [5.74, 6) is 0. The summed E-state index contributed by atoms with van der Waals surface area (Å²) in [6, 6.07) is 19.9. The Morgan fingerprint density at radius 1 is 0.935 bits per heavy atom. The fourth-order valence-electron chi connectivity index (χ4n) is 4.05. The molecule has 0 spiro atoms. The van der Waals surface area contributed by atoms with Crippen molar-refractivity contribution in [1.29, 1.82) is 0 Å². The van der Waals surface area contributed by atoms with Gasteiger partial charge in [0, 0.05) is 31.5 Å². The van der Waals surface area contributed by atoms with Gasteiger partial charge in [0.15, 0.2) is 0 Å². The maximum atomic E-state index is 12.6. The fraction of sp³-hybridized carbons (Fsp3) is 0.320. The van der Waals surface area contributed by atoms with E-state index in [-0.39, 0.29) is 11.4 Å². The molecule has 1 N–H and O–H groups in total. The number of hydrogen-bond donors (Lipinski definition) is 1. The van der Waals surface area contributed by atoms with Gasteiger partial charge in [-0.2, -0.15) is 0 Å². The second-order valence-electron chi connectivity index (χ2n) is 8.18. The van der Waals surface area contributed by atoms with Crippen LogP contribution in [0.25, 0.3) is 11.1 Å². The Morgan fingerprint density at radius 3 is 2.19 bits per heavy atom. The van der Waals surface area contributed by atoms with Crippen LogP contribution in [0.5, 0.6) is 0 Å². The van der Waals surface area contributed by atoms with Crippen LogP contribution in [0.15, 0.2) is 78.0 Å². The summed E-state index contributed by atoms with van der Waals surface area (Å²) in [6.07, 6.45) is 6.98. The van der Waals surface area contributed by atoms with Crippen LogP contribution in [0.4, 0.5) is 0 Å². The summed E-state index contributed by atoms with van der Waals surface area (Å²) in [5, 5.41) is 0. The fourth-order valence-corrected chi connectivity index (χ4v) is 5.07. The molecule has 0 saturated carbocycles. The lowest BCUT2D eigenvalue weighted by Gasteiger charge is -2.20. The van der Waals surface area contributed by atoms with Gasteiger partial charge in [0.25, 0.3) is 0 Å². The largest absolute Gasteiger partial charge is 0.300 e. The van der Waals surface area contributed by atoms with Crippen molar-refractivity contribution < 1.29 is 8.42 Å². The topological polar surface area (TPSA) is 62.3 Å². The van der Waals surface area contributed by atoms with Gasteiger partial charge in [0.1, 0.15) is 0 Å². The molecular weight excluding hydrogens is 406 g/mol. The van der Waals surface area contributed by atoms with Gasteiger partial charge in [0.2, 0.25) is 10.0 Å². The SMILES string of the molecule is CC1CCCN1CCc1ccc(-c2ccc(S(=O)(=O)NCc3ccncc3)cc2)cc1. The second kappa shape index (κ2) is 9.73. The average Bonchev–Trinajstić information content (AvgIpc) is 3.22. The summed E-state index contributed by atoms with van der Waals surface area (Å²) >= 11 is 0. The van der Waals surface area contributed by atoms with E-state index in [1.807, 2.05) is 12.1 Å². The molecule has 0 aliphatic carbocycles. The molecule has 1 aliphatic heterocycles. The highest BCUT2D eigenvalue weighted by molar-refractivity contribution is 7.89. The molecule has 1 fully saturated rings. The highest BCUT2D eigenvalue weighted by Gasteiger charge is 2.19. The number of pyridine rings is 1. The summed E-state index contributed by atoms with van der Waals surface area (Å²) < 4.78 is 27.8. The first-order chi connectivity index (χ1) is 15.0. The Morgan fingerprint density at radius 2 is 1.58 bits per heavy atom. The zero-order valence-corrected chi connectivity index (χ0v) is 18.7. The van der Waals surface area contributed by atoms with E-state index in [0.717, 1.165) is 29.7 Å². The van der Waals surface area contributed by atoms with E-state index >= 15 is 0 Å². The van der Waals surface area contributed by atoms with Crippen LogP contribution >= 0.6 is 0 Å². The first kappa shape index (κ1) is 21.7. The van der Waals surface area contributed by atoms with E-state index in [4.69, 9.17) is 0 Å². The van der Waals surface area contributed by atoms with E-state index in [1.54, 1.807) is 36.7 Å². The monoisotopic (exact) mass is 435 g/mol. The summed E-state index contributed by atoms with van der Waals surface area (Å²) in [6.45, 7) is 4.88. The lowest BCUT2D eigenvalue weighted by atomic mass is 10.0. The van der Waals surface area contributed by atoms with E-state index in [2.05, 4.69) is 45.8 Å². The molecule has 4 rings (SSSR count). The van der Waals surface area contributed by atoms with Gasteiger partial charge in [0.05, 0.1) is 4.90 Å². The van der Waals surface area contributed by atoms with E-state index in [9.17, 15) is 8.42 Å². The predicted molar refractivity (Wildman–Crippen MR) is 124 cm³/mol. The third-order valence-electron chi connectivity index (χ3n) is 6.05.